The van der Waals surface area contributed by atoms with Crippen LogP contribution in [0.2, 0.25) is 0 Å². The van der Waals surface area contributed by atoms with Gasteiger partial charge in [-0.1, -0.05) is 0 Å². The van der Waals surface area contributed by atoms with Crippen LogP contribution in [0.25, 0.3) is 0 Å². The molecule has 1 amide bonds. The topological polar surface area (TPSA) is 99.3 Å². The number of carboxylic acid groups (broad SMARTS) is 1. The average molecular weight is 226 g/mol. The van der Waals surface area contributed by atoms with Gasteiger partial charge in [0.05, 0.1) is 4.90 Å². The number of ketones is 1. The van der Waals surface area contributed by atoms with E-state index in [1.807, 2.05) is 0 Å². The number of nitrogens with one attached hydrogen (secondary N) is 2. The van der Waals surface area contributed by atoms with E-state index in [0.717, 1.165) is 11.9 Å². The van der Waals surface area contributed by atoms with Crippen LogP contribution < -0.4 is 4.72 Å². The Bertz CT molecular complexity index is 465. The van der Waals surface area contributed by atoms with Gasteiger partial charge in [0.1, 0.15) is 5.69 Å². The average Bonchev–Trinajstić information content (AvgIpc) is 2.51. The summed E-state index contributed by atoms with van der Waals surface area (Å²) in [6.07, 6.45) is 1.28. The highest BCUT2D eigenvalue weighted by Crippen LogP contribution is 2.26. The molecule has 0 fully saturated rings. The number of amides is 1. The van der Waals surface area contributed by atoms with Gasteiger partial charge in [-0.15, -0.1) is 0 Å². The number of carbonyl (C=O) groups is 3. The summed E-state index contributed by atoms with van der Waals surface area (Å²) in [4.78, 5) is 36.1. The Morgan fingerprint density at radius 3 is 2.87 bits per heavy atom. The van der Waals surface area contributed by atoms with Crippen LogP contribution in [0.1, 0.15) is 16.1 Å². The van der Waals surface area contributed by atoms with Gasteiger partial charge < -0.3 is 10.1 Å². The zero-order valence-corrected chi connectivity index (χ0v) is 8.18. The van der Waals surface area contributed by atoms with Crippen molar-refractivity contribution < 1.29 is 19.5 Å². The Morgan fingerprint density at radius 2 is 2.20 bits per heavy atom. The molecule has 0 saturated heterocycles. The highest BCUT2D eigenvalue weighted by atomic mass is 32.2. The third kappa shape index (κ3) is 1.61. The third-order valence-corrected chi connectivity index (χ3v) is 2.88. The van der Waals surface area contributed by atoms with Gasteiger partial charge in [-0.25, -0.2) is 4.79 Å². The minimum atomic E-state index is -1.14. The van der Waals surface area contributed by atoms with E-state index < -0.39 is 17.7 Å². The van der Waals surface area contributed by atoms with Crippen molar-refractivity contribution in [3.8, 4) is 0 Å². The highest BCUT2D eigenvalue weighted by molar-refractivity contribution is 7.98. The van der Waals surface area contributed by atoms with E-state index >= 15 is 0 Å². The van der Waals surface area contributed by atoms with Gasteiger partial charge in [0.25, 0.3) is 5.91 Å². The van der Waals surface area contributed by atoms with Crippen LogP contribution in [0.3, 0.4) is 0 Å². The zero-order chi connectivity index (χ0) is 11.0. The summed E-state index contributed by atoms with van der Waals surface area (Å²) in [5.41, 5.74) is 0.318. The van der Waals surface area contributed by atoms with Crippen LogP contribution in [-0.2, 0) is 16.0 Å². The largest absolute Gasteiger partial charge is 0.477 e. The molecular formula is C8H6N2O4S. The molecule has 2 rings (SSSR count). The molecule has 1 aliphatic heterocycles. The summed E-state index contributed by atoms with van der Waals surface area (Å²) < 4.78 is 2.32. The quantitative estimate of drug-likeness (QED) is 0.461. The van der Waals surface area contributed by atoms with Gasteiger partial charge in [-0.3, -0.25) is 14.3 Å². The van der Waals surface area contributed by atoms with Crippen LogP contribution in [0.15, 0.2) is 11.1 Å². The summed E-state index contributed by atoms with van der Waals surface area (Å²) in [5, 5.41) is 8.82. The van der Waals surface area contributed by atoms with Gasteiger partial charge in [-0.05, 0) is 11.9 Å². The molecule has 0 radical (unpaired) electrons. The maximum atomic E-state index is 11.2. The molecule has 15 heavy (non-hydrogen) atoms. The molecule has 0 saturated carbocycles. The number of aromatic carboxylic acids is 1. The van der Waals surface area contributed by atoms with E-state index in [1.54, 1.807) is 0 Å². The summed E-state index contributed by atoms with van der Waals surface area (Å²) in [6, 6.07) is 0. The van der Waals surface area contributed by atoms with Gasteiger partial charge in [-0.2, -0.15) is 0 Å². The van der Waals surface area contributed by atoms with Gasteiger partial charge >= 0.3 is 5.97 Å². The lowest BCUT2D eigenvalue weighted by atomic mass is 10.1. The van der Waals surface area contributed by atoms with Gasteiger partial charge in [0, 0.05) is 18.2 Å². The summed E-state index contributed by atoms with van der Waals surface area (Å²) in [7, 11) is 0. The molecule has 0 aliphatic carbocycles. The number of hydrogen-bond acceptors (Lipinski definition) is 4. The van der Waals surface area contributed by atoms with Gasteiger partial charge in [0.2, 0.25) is 5.78 Å². The Morgan fingerprint density at radius 1 is 1.47 bits per heavy atom. The number of Topliss-reactive ketones (excluding diaryl/α,β-unsaturated/α-hetero) is 1. The van der Waals surface area contributed by atoms with Crippen molar-refractivity contribution in [2.45, 2.75) is 11.3 Å². The number of carboxylic acids is 1. The number of fused-ring (bicyclic) bond motifs is 1. The van der Waals surface area contributed by atoms with Crippen molar-refractivity contribution in [3.63, 3.8) is 0 Å². The lowest BCUT2D eigenvalue weighted by Gasteiger charge is -1.95. The Balaban J connectivity index is 2.46. The first-order chi connectivity index (χ1) is 7.09. The molecule has 78 valence electrons. The number of hydrogen-bond donors (Lipinski definition) is 3. The van der Waals surface area contributed by atoms with E-state index in [-0.39, 0.29) is 12.1 Å². The second-order valence-electron chi connectivity index (χ2n) is 2.94. The summed E-state index contributed by atoms with van der Waals surface area (Å²) in [5.74, 6) is -2.48. The normalized spacial score (nSPS) is 15.5. The molecule has 0 aromatic carbocycles. The fourth-order valence-corrected chi connectivity index (χ4v) is 2.02. The van der Waals surface area contributed by atoms with Crippen molar-refractivity contribution in [2.75, 3.05) is 0 Å². The monoisotopic (exact) mass is 226 g/mol. The predicted octanol–water partition coefficient (Wildman–Crippen LogP) is -0.0386. The number of H-pyrrole nitrogens is 1. The molecule has 1 aromatic rings. The van der Waals surface area contributed by atoms with Crippen molar-refractivity contribution in [3.05, 3.63) is 17.5 Å². The molecule has 2 heterocycles. The van der Waals surface area contributed by atoms with Crippen molar-refractivity contribution in [1.82, 2.24) is 9.71 Å². The maximum Gasteiger partial charge on any atom is 0.352 e. The predicted molar refractivity (Wildman–Crippen MR) is 50.5 cm³/mol. The van der Waals surface area contributed by atoms with Crippen LogP contribution in [0, 0.1) is 0 Å². The first kappa shape index (κ1) is 9.78. The van der Waals surface area contributed by atoms with E-state index in [0.29, 0.717) is 10.5 Å². The van der Waals surface area contributed by atoms with Crippen LogP contribution in [0.4, 0.5) is 0 Å². The SMILES string of the molecule is O=C1Cc2c(c[nH]c2C(=O)O)SNC1=O. The Hall–Kier alpha value is -1.76. The minimum Gasteiger partial charge on any atom is -0.477 e. The third-order valence-electron chi connectivity index (χ3n) is 2.00. The van der Waals surface area contributed by atoms with Crippen molar-refractivity contribution in [1.29, 1.82) is 0 Å². The molecule has 0 spiro atoms. The summed E-state index contributed by atoms with van der Waals surface area (Å²) in [6.45, 7) is 0. The molecule has 6 nitrogen and oxygen atoms in total. The molecule has 0 bridgehead atoms. The zero-order valence-electron chi connectivity index (χ0n) is 7.36. The second kappa shape index (κ2) is 3.43. The molecular weight excluding hydrogens is 220 g/mol. The van der Waals surface area contributed by atoms with Crippen LogP contribution >= 0.6 is 11.9 Å². The number of aromatic amines is 1. The summed E-state index contributed by atoms with van der Waals surface area (Å²) >= 11 is 0.945. The van der Waals surface area contributed by atoms with E-state index in [4.69, 9.17) is 5.11 Å². The molecule has 0 atom stereocenters. The van der Waals surface area contributed by atoms with Crippen LogP contribution in [0.5, 0.6) is 0 Å². The Labute approximate surface area is 88.2 Å². The highest BCUT2D eigenvalue weighted by Gasteiger charge is 2.26. The first-order valence-corrected chi connectivity index (χ1v) is 4.85. The molecule has 3 N–H and O–H groups in total. The van der Waals surface area contributed by atoms with Crippen molar-refractivity contribution in [2.24, 2.45) is 0 Å². The van der Waals surface area contributed by atoms with Crippen LogP contribution in [-0.4, -0.2) is 27.8 Å². The lowest BCUT2D eigenvalue weighted by Crippen LogP contribution is -2.25. The smallest absolute Gasteiger partial charge is 0.352 e. The molecule has 0 unspecified atom stereocenters. The number of aromatic nitrogens is 1. The lowest BCUT2D eigenvalue weighted by molar-refractivity contribution is -0.136. The first-order valence-electron chi connectivity index (χ1n) is 4.03. The maximum absolute atomic E-state index is 11.2. The van der Waals surface area contributed by atoms with Crippen molar-refractivity contribution >= 4 is 29.6 Å². The second-order valence-corrected chi connectivity index (χ2v) is 3.79. The van der Waals surface area contributed by atoms with Gasteiger partial charge in [0.15, 0.2) is 0 Å². The molecule has 1 aromatic heterocycles. The fraction of sp³-hybridized carbons (Fsp3) is 0.125. The molecule has 7 heteroatoms. The number of carbonyl (C=O) groups excluding carboxylic acids is 2. The van der Waals surface area contributed by atoms with E-state index in [1.165, 1.54) is 6.20 Å². The van der Waals surface area contributed by atoms with E-state index in [2.05, 4.69) is 9.71 Å². The van der Waals surface area contributed by atoms with E-state index in [9.17, 15) is 14.4 Å². The minimum absolute atomic E-state index is 0.0395. The molecule has 1 aliphatic rings. The number of rotatable bonds is 1. The Kier molecular flexibility index (Phi) is 2.24. The standard InChI is InChI=1S/C8H6N2O4S/c11-4-1-3-5(15-10-7(4)12)2-9-6(3)8(13)14/h2,9H,1H2,(H,10,12)(H,13,14). The fourth-order valence-electron chi connectivity index (χ4n) is 1.29.